The largest absolute Gasteiger partial charge is 0.462 e. The molecular weight excluding hydrogens is 510 g/mol. The standard InChI is InChI=1S/C26H31N5O4S2/c1-5-35-25(34)21-18-11-6-7-12-19(18)37-24(21)28-22(32)16(3)36-26-30-29-20(31(26)4)14-27-23(33)17-10-8-9-15(2)13-17/h8-10,13,16H,5-7,11-12,14H2,1-4H3,(H,27,33)(H,28,32). The van der Waals surface area contributed by atoms with Crippen LogP contribution in [0.15, 0.2) is 29.4 Å². The molecule has 2 aromatic heterocycles. The number of nitrogens with one attached hydrogen (secondary N) is 2. The van der Waals surface area contributed by atoms with E-state index in [1.165, 1.54) is 23.1 Å². The first-order chi connectivity index (χ1) is 17.8. The lowest BCUT2D eigenvalue weighted by molar-refractivity contribution is -0.115. The Morgan fingerprint density at radius 2 is 2.00 bits per heavy atom. The SMILES string of the molecule is CCOC(=O)c1c(NC(=O)C(C)Sc2nnc(CNC(=O)c3cccc(C)c3)n2C)sc2c1CCCC2. The van der Waals surface area contributed by atoms with Gasteiger partial charge in [-0.1, -0.05) is 29.5 Å². The number of carbonyl (C=O) groups excluding carboxylic acids is 3. The van der Waals surface area contributed by atoms with Crippen molar-refractivity contribution in [3.05, 3.63) is 57.2 Å². The monoisotopic (exact) mass is 541 g/mol. The van der Waals surface area contributed by atoms with Crippen molar-refractivity contribution in [2.75, 3.05) is 11.9 Å². The van der Waals surface area contributed by atoms with Gasteiger partial charge in [0, 0.05) is 17.5 Å². The van der Waals surface area contributed by atoms with Gasteiger partial charge in [0.05, 0.1) is 24.0 Å². The van der Waals surface area contributed by atoms with Crippen molar-refractivity contribution in [1.82, 2.24) is 20.1 Å². The summed E-state index contributed by atoms with van der Waals surface area (Å²) in [4.78, 5) is 39.4. The summed E-state index contributed by atoms with van der Waals surface area (Å²) in [5.74, 6) is -0.231. The van der Waals surface area contributed by atoms with Gasteiger partial charge in [-0.25, -0.2) is 4.79 Å². The molecule has 1 aromatic carbocycles. The Morgan fingerprint density at radius 3 is 2.76 bits per heavy atom. The van der Waals surface area contributed by atoms with E-state index in [4.69, 9.17) is 4.74 Å². The predicted octanol–water partition coefficient (Wildman–Crippen LogP) is 4.29. The van der Waals surface area contributed by atoms with Crippen LogP contribution in [0.2, 0.25) is 0 Å². The third kappa shape index (κ3) is 6.22. The number of fused-ring (bicyclic) bond motifs is 1. The van der Waals surface area contributed by atoms with Gasteiger partial charge in [-0.15, -0.1) is 21.5 Å². The normalized spacial score (nSPS) is 13.5. The maximum absolute atomic E-state index is 13.1. The fourth-order valence-corrected chi connectivity index (χ4v) is 6.26. The maximum Gasteiger partial charge on any atom is 0.341 e. The summed E-state index contributed by atoms with van der Waals surface area (Å²) >= 11 is 2.73. The highest BCUT2D eigenvalue weighted by Crippen LogP contribution is 2.39. The van der Waals surface area contributed by atoms with E-state index in [0.717, 1.165) is 41.7 Å². The third-order valence-corrected chi connectivity index (χ3v) is 8.49. The predicted molar refractivity (Wildman–Crippen MR) is 144 cm³/mol. The summed E-state index contributed by atoms with van der Waals surface area (Å²) in [7, 11) is 1.80. The van der Waals surface area contributed by atoms with E-state index in [-0.39, 0.29) is 30.9 Å². The zero-order valence-electron chi connectivity index (χ0n) is 21.4. The number of nitrogens with zero attached hydrogens (tertiary/aromatic N) is 3. The zero-order chi connectivity index (χ0) is 26.5. The fourth-order valence-electron chi connectivity index (χ4n) is 4.15. The van der Waals surface area contributed by atoms with Crippen molar-refractivity contribution >= 4 is 45.9 Å². The lowest BCUT2D eigenvalue weighted by Gasteiger charge is -2.13. The number of anilines is 1. The molecule has 3 aromatic rings. The molecule has 196 valence electrons. The summed E-state index contributed by atoms with van der Waals surface area (Å²) in [6.45, 7) is 5.98. The second kappa shape index (κ2) is 11.9. The Morgan fingerprint density at radius 1 is 1.22 bits per heavy atom. The van der Waals surface area contributed by atoms with Crippen LogP contribution in [0.3, 0.4) is 0 Å². The number of thiophene rings is 1. The molecule has 0 bridgehead atoms. The van der Waals surface area contributed by atoms with Crippen molar-refractivity contribution in [3.63, 3.8) is 0 Å². The van der Waals surface area contributed by atoms with Crippen LogP contribution < -0.4 is 10.6 Å². The van der Waals surface area contributed by atoms with Crippen LogP contribution in [0.4, 0.5) is 5.00 Å². The average Bonchev–Trinajstić information content (AvgIpc) is 3.42. The number of thioether (sulfide) groups is 1. The quantitative estimate of drug-likeness (QED) is 0.307. The van der Waals surface area contributed by atoms with E-state index < -0.39 is 5.25 Å². The minimum absolute atomic E-state index is 0.190. The van der Waals surface area contributed by atoms with Crippen LogP contribution in [0.25, 0.3) is 0 Å². The molecule has 0 aliphatic heterocycles. The zero-order valence-corrected chi connectivity index (χ0v) is 23.1. The number of hydrogen-bond acceptors (Lipinski definition) is 8. The minimum atomic E-state index is -0.494. The highest BCUT2D eigenvalue weighted by Gasteiger charge is 2.28. The highest BCUT2D eigenvalue weighted by atomic mass is 32.2. The summed E-state index contributed by atoms with van der Waals surface area (Å²) in [6, 6.07) is 7.36. The van der Waals surface area contributed by atoms with E-state index in [1.807, 2.05) is 25.1 Å². The van der Waals surface area contributed by atoms with Crippen LogP contribution in [-0.2, 0) is 36.0 Å². The van der Waals surface area contributed by atoms with Crippen LogP contribution >= 0.6 is 23.1 Å². The Labute approximate surface area is 224 Å². The van der Waals surface area contributed by atoms with E-state index >= 15 is 0 Å². The number of benzene rings is 1. The third-order valence-electron chi connectivity index (χ3n) is 6.15. The molecule has 2 amide bonds. The highest BCUT2D eigenvalue weighted by molar-refractivity contribution is 8.00. The summed E-state index contributed by atoms with van der Waals surface area (Å²) < 4.78 is 7.05. The molecule has 1 atom stereocenters. The van der Waals surface area contributed by atoms with E-state index in [1.54, 1.807) is 31.5 Å². The summed E-state index contributed by atoms with van der Waals surface area (Å²) in [5.41, 5.74) is 3.10. The lowest BCUT2D eigenvalue weighted by atomic mass is 9.95. The van der Waals surface area contributed by atoms with E-state index in [0.29, 0.717) is 27.1 Å². The van der Waals surface area contributed by atoms with Crippen LogP contribution in [0, 0.1) is 6.92 Å². The Balaban J connectivity index is 1.40. The van der Waals surface area contributed by atoms with Gasteiger partial charge in [0.15, 0.2) is 11.0 Å². The van der Waals surface area contributed by atoms with E-state index in [2.05, 4.69) is 20.8 Å². The van der Waals surface area contributed by atoms with Crippen molar-refractivity contribution < 1.29 is 19.1 Å². The Bertz CT molecular complexity index is 1320. The van der Waals surface area contributed by atoms with Gasteiger partial charge in [-0.3, -0.25) is 9.59 Å². The molecule has 37 heavy (non-hydrogen) atoms. The fraction of sp³-hybridized carbons (Fsp3) is 0.423. The second-order valence-electron chi connectivity index (χ2n) is 8.89. The number of ether oxygens (including phenoxy) is 1. The molecule has 0 radical (unpaired) electrons. The molecule has 1 unspecified atom stereocenters. The van der Waals surface area contributed by atoms with Gasteiger partial charge in [0.1, 0.15) is 5.00 Å². The molecule has 9 nitrogen and oxygen atoms in total. The Kier molecular flexibility index (Phi) is 8.65. The molecule has 1 aliphatic carbocycles. The number of esters is 1. The molecule has 0 spiro atoms. The molecular formula is C26H31N5O4S2. The minimum Gasteiger partial charge on any atom is -0.462 e. The van der Waals surface area contributed by atoms with Gasteiger partial charge in [-0.2, -0.15) is 0 Å². The number of rotatable bonds is 9. The van der Waals surface area contributed by atoms with Crippen LogP contribution in [-0.4, -0.2) is 44.4 Å². The molecule has 1 aliphatic rings. The van der Waals surface area contributed by atoms with Gasteiger partial charge in [0.2, 0.25) is 5.91 Å². The van der Waals surface area contributed by atoms with Gasteiger partial charge in [0.25, 0.3) is 5.91 Å². The topological polar surface area (TPSA) is 115 Å². The van der Waals surface area contributed by atoms with Crippen molar-refractivity contribution in [2.24, 2.45) is 7.05 Å². The number of aromatic nitrogens is 3. The summed E-state index contributed by atoms with van der Waals surface area (Å²) in [5, 5.41) is 14.8. The molecule has 4 rings (SSSR count). The molecule has 2 heterocycles. The summed E-state index contributed by atoms with van der Waals surface area (Å²) in [6.07, 6.45) is 3.84. The first-order valence-corrected chi connectivity index (χ1v) is 14.0. The molecule has 11 heteroatoms. The average molecular weight is 542 g/mol. The van der Waals surface area contributed by atoms with Gasteiger partial charge >= 0.3 is 5.97 Å². The van der Waals surface area contributed by atoms with E-state index in [9.17, 15) is 14.4 Å². The maximum atomic E-state index is 13.1. The lowest BCUT2D eigenvalue weighted by Crippen LogP contribution is -2.25. The number of hydrogen-bond donors (Lipinski definition) is 2. The van der Waals surface area contributed by atoms with Crippen molar-refractivity contribution in [2.45, 2.75) is 63.4 Å². The number of aryl methyl sites for hydroxylation is 2. The number of amides is 2. The van der Waals surface area contributed by atoms with Gasteiger partial charge in [-0.05, 0) is 64.2 Å². The van der Waals surface area contributed by atoms with Crippen molar-refractivity contribution in [1.29, 1.82) is 0 Å². The first kappa shape index (κ1) is 26.9. The first-order valence-electron chi connectivity index (χ1n) is 12.3. The number of carbonyl (C=O) groups is 3. The molecule has 0 saturated heterocycles. The molecule has 0 saturated carbocycles. The van der Waals surface area contributed by atoms with Gasteiger partial charge < -0.3 is 19.9 Å². The smallest absolute Gasteiger partial charge is 0.341 e. The second-order valence-corrected chi connectivity index (χ2v) is 11.3. The van der Waals surface area contributed by atoms with Crippen molar-refractivity contribution in [3.8, 4) is 0 Å². The molecule has 0 fully saturated rings. The molecule has 2 N–H and O–H groups in total. The van der Waals surface area contributed by atoms with Crippen LogP contribution in [0.5, 0.6) is 0 Å². The Hall–Kier alpha value is -3.18. The van der Waals surface area contributed by atoms with Crippen LogP contribution in [0.1, 0.15) is 69.2 Å².